The van der Waals surface area contributed by atoms with E-state index in [1.165, 1.54) is 6.42 Å². The second-order valence-electron chi connectivity index (χ2n) is 4.73. The second-order valence-corrected chi connectivity index (χ2v) is 4.73. The van der Waals surface area contributed by atoms with Crippen LogP contribution in [0.3, 0.4) is 0 Å². The number of nitriles is 1. The Bertz CT molecular complexity index is 399. The van der Waals surface area contributed by atoms with E-state index in [2.05, 4.69) is 6.07 Å². The lowest BCUT2D eigenvalue weighted by atomic mass is 9.80. The van der Waals surface area contributed by atoms with E-state index < -0.39 is 5.60 Å². The van der Waals surface area contributed by atoms with Gasteiger partial charge in [-0.15, -0.1) is 0 Å². The van der Waals surface area contributed by atoms with Crippen molar-refractivity contribution in [1.82, 2.24) is 0 Å². The lowest BCUT2D eigenvalue weighted by Gasteiger charge is -2.32. The molecule has 1 aliphatic rings. The first-order valence-electron chi connectivity index (χ1n) is 5.94. The first-order valence-corrected chi connectivity index (χ1v) is 5.94. The molecule has 1 N–H and O–H groups in total. The SMILES string of the molecule is N#Cc1ccccc1CC1(O)CCCCC1. The molecule has 1 fully saturated rings. The average molecular weight is 215 g/mol. The van der Waals surface area contributed by atoms with Crippen LogP contribution in [-0.4, -0.2) is 10.7 Å². The molecule has 0 atom stereocenters. The summed E-state index contributed by atoms with van der Waals surface area (Å²) in [6, 6.07) is 9.76. The van der Waals surface area contributed by atoms with E-state index in [1.807, 2.05) is 24.3 Å². The van der Waals surface area contributed by atoms with Gasteiger partial charge in [0.05, 0.1) is 17.2 Å². The average Bonchev–Trinajstić information content (AvgIpc) is 2.30. The Kier molecular flexibility index (Phi) is 3.26. The Hall–Kier alpha value is -1.33. The van der Waals surface area contributed by atoms with Crippen LogP contribution in [0.1, 0.15) is 43.2 Å². The van der Waals surface area contributed by atoms with Gasteiger partial charge in [-0.05, 0) is 24.5 Å². The maximum Gasteiger partial charge on any atom is 0.0994 e. The zero-order valence-corrected chi connectivity index (χ0v) is 9.45. The molecule has 16 heavy (non-hydrogen) atoms. The zero-order valence-electron chi connectivity index (χ0n) is 9.45. The Morgan fingerprint density at radius 3 is 2.56 bits per heavy atom. The van der Waals surface area contributed by atoms with Gasteiger partial charge in [-0.25, -0.2) is 0 Å². The third-order valence-electron chi connectivity index (χ3n) is 3.44. The molecule has 0 bridgehead atoms. The van der Waals surface area contributed by atoms with Crippen LogP contribution < -0.4 is 0 Å². The van der Waals surface area contributed by atoms with Gasteiger partial charge in [0.15, 0.2) is 0 Å². The molecule has 1 aromatic carbocycles. The first-order chi connectivity index (χ1) is 7.73. The van der Waals surface area contributed by atoms with Gasteiger partial charge in [0.2, 0.25) is 0 Å². The van der Waals surface area contributed by atoms with E-state index in [0.717, 1.165) is 31.2 Å². The normalized spacial score (nSPS) is 19.0. The van der Waals surface area contributed by atoms with E-state index in [-0.39, 0.29) is 0 Å². The molecule has 1 aromatic rings. The lowest BCUT2D eigenvalue weighted by molar-refractivity contribution is 0.00444. The van der Waals surface area contributed by atoms with Crippen molar-refractivity contribution < 1.29 is 5.11 Å². The molecule has 1 aliphatic carbocycles. The molecule has 2 nitrogen and oxygen atoms in total. The van der Waals surface area contributed by atoms with Crippen molar-refractivity contribution >= 4 is 0 Å². The molecule has 0 aliphatic heterocycles. The monoisotopic (exact) mass is 215 g/mol. The minimum Gasteiger partial charge on any atom is -0.390 e. The molecular weight excluding hydrogens is 198 g/mol. The minimum atomic E-state index is -0.578. The molecule has 0 heterocycles. The van der Waals surface area contributed by atoms with Crippen LogP contribution in [-0.2, 0) is 6.42 Å². The highest BCUT2D eigenvalue weighted by molar-refractivity contribution is 5.38. The summed E-state index contributed by atoms with van der Waals surface area (Å²) >= 11 is 0. The van der Waals surface area contributed by atoms with Gasteiger partial charge in [0, 0.05) is 6.42 Å². The van der Waals surface area contributed by atoms with Crippen LogP contribution in [0.4, 0.5) is 0 Å². The van der Waals surface area contributed by atoms with Gasteiger partial charge in [0.25, 0.3) is 0 Å². The maximum atomic E-state index is 10.4. The number of rotatable bonds is 2. The van der Waals surface area contributed by atoms with Gasteiger partial charge in [-0.2, -0.15) is 5.26 Å². The Morgan fingerprint density at radius 2 is 1.88 bits per heavy atom. The maximum absolute atomic E-state index is 10.4. The van der Waals surface area contributed by atoms with Gasteiger partial charge in [-0.3, -0.25) is 0 Å². The fraction of sp³-hybridized carbons (Fsp3) is 0.500. The van der Waals surface area contributed by atoms with Crippen molar-refractivity contribution in [3.05, 3.63) is 35.4 Å². The largest absolute Gasteiger partial charge is 0.390 e. The van der Waals surface area contributed by atoms with E-state index in [4.69, 9.17) is 5.26 Å². The summed E-state index contributed by atoms with van der Waals surface area (Å²) < 4.78 is 0. The first kappa shape index (κ1) is 11.2. The third-order valence-corrected chi connectivity index (χ3v) is 3.44. The van der Waals surface area contributed by atoms with Crippen molar-refractivity contribution in [2.75, 3.05) is 0 Å². The van der Waals surface area contributed by atoms with Crippen molar-refractivity contribution in [3.63, 3.8) is 0 Å². The van der Waals surface area contributed by atoms with Crippen molar-refractivity contribution in [2.45, 2.75) is 44.1 Å². The topological polar surface area (TPSA) is 44.0 Å². The smallest absolute Gasteiger partial charge is 0.0994 e. The van der Waals surface area contributed by atoms with Crippen LogP contribution in [0, 0.1) is 11.3 Å². The molecule has 0 radical (unpaired) electrons. The third kappa shape index (κ3) is 2.43. The molecule has 2 heteroatoms. The highest BCUT2D eigenvalue weighted by atomic mass is 16.3. The fourth-order valence-electron chi connectivity index (χ4n) is 2.52. The van der Waals surface area contributed by atoms with Crippen molar-refractivity contribution in [3.8, 4) is 6.07 Å². The molecular formula is C14H17NO. The van der Waals surface area contributed by atoms with E-state index >= 15 is 0 Å². The summed E-state index contributed by atoms with van der Waals surface area (Å²) in [5.41, 5.74) is 1.10. The Morgan fingerprint density at radius 1 is 1.19 bits per heavy atom. The van der Waals surface area contributed by atoms with Gasteiger partial charge in [-0.1, -0.05) is 37.5 Å². The summed E-state index contributed by atoms with van der Waals surface area (Å²) in [5, 5.41) is 19.4. The highest BCUT2D eigenvalue weighted by Crippen LogP contribution is 2.31. The summed E-state index contributed by atoms with van der Waals surface area (Å²) in [6.45, 7) is 0. The molecule has 84 valence electrons. The quantitative estimate of drug-likeness (QED) is 0.824. The fourth-order valence-corrected chi connectivity index (χ4v) is 2.52. The lowest BCUT2D eigenvalue weighted by Crippen LogP contribution is -2.34. The van der Waals surface area contributed by atoms with Crippen LogP contribution in [0.5, 0.6) is 0 Å². The molecule has 0 aromatic heterocycles. The van der Waals surface area contributed by atoms with Gasteiger partial charge in [0.1, 0.15) is 0 Å². The minimum absolute atomic E-state index is 0.578. The summed E-state index contributed by atoms with van der Waals surface area (Å²) in [7, 11) is 0. The predicted molar refractivity (Wildman–Crippen MR) is 62.9 cm³/mol. The predicted octanol–water partition coefficient (Wildman–Crippen LogP) is 2.80. The molecule has 0 spiro atoms. The standard InChI is InChI=1S/C14H17NO/c15-11-13-7-3-2-6-12(13)10-14(16)8-4-1-5-9-14/h2-3,6-7,16H,1,4-5,8-10H2. The zero-order chi connectivity index (χ0) is 11.4. The molecule has 0 amide bonds. The van der Waals surface area contributed by atoms with Crippen LogP contribution in [0.25, 0.3) is 0 Å². The Balaban J connectivity index is 2.16. The van der Waals surface area contributed by atoms with Gasteiger partial charge >= 0.3 is 0 Å². The molecule has 2 rings (SSSR count). The molecule has 0 saturated heterocycles. The van der Waals surface area contributed by atoms with Gasteiger partial charge < -0.3 is 5.11 Å². The number of nitrogens with zero attached hydrogens (tertiary/aromatic N) is 1. The van der Waals surface area contributed by atoms with E-state index in [1.54, 1.807) is 0 Å². The number of hydrogen-bond donors (Lipinski definition) is 1. The number of aliphatic hydroxyl groups is 1. The van der Waals surface area contributed by atoms with Crippen molar-refractivity contribution in [2.24, 2.45) is 0 Å². The summed E-state index contributed by atoms with van der Waals surface area (Å²) in [6.07, 6.45) is 5.79. The second kappa shape index (κ2) is 4.67. The van der Waals surface area contributed by atoms with Crippen LogP contribution >= 0.6 is 0 Å². The number of benzene rings is 1. The van der Waals surface area contributed by atoms with E-state index in [9.17, 15) is 5.11 Å². The van der Waals surface area contributed by atoms with Crippen LogP contribution in [0.2, 0.25) is 0 Å². The number of hydrogen-bond acceptors (Lipinski definition) is 2. The van der Waals surface area contributed by atoms with E-state index in [0.29, 0.717) is 12.0 Å². The summed E-state index contributed by atoms with van der Waals surface area (Å²) in [5.74, 6) is 0. The van der Waals surface area contributed by atoms with Crippen molar-refractivity contribution in [1.29, 1.82) is 5.26 Å². The summed E-state index contributed by atoms with van der Waals surface area (Å²) in [4.78, 5) is 0. The highest BCUT2D eigenvalue weighted by Gasteiger charge is 2.29. The molecule has 0 unspecified atom stereocenters. The Labute approximate surface area is 96.5 Å². The van der Waals surface area contributed by atoms with Crippen LogP contribution in [0.15, 0.2) is 24.3 Å². The molecule has 1 saturated carbocycles.